The number of benzene rings is 1. The molecule has 0 fully saturated rings. The van der Waals surface area contributed by atoms with E-state index < -0.39 is 16.1 Å². The molecule has 2 rings (SSSR count). The molecule has 8 nitrogen and oxygen atoms in total. The lowest BCUT2D eigenvalue weighted by Crippen LogP contribution is -2.20. The first kappa shape index (κ1) is 19.9. The van der Waals surface area contributed by atoms with Crippen molar-refractivity contribution in [2.75, 3.05) is 11.9 Å². The van der Waals surface area contributed by atoms with Crippen molar-refractivity contribution in [3.8, 4) is 0 Å². The number of amides is 1. The zero-order chi connectivity index (χ0) is 19.3. The van der Waals surface area contributed by atoms with E-state index in [-0.39, 0.29) is 11.5 Å². The number of nitrogens with one attached hydrogen (secondary N) is 2. The Labute approximate surface area is 156 Å². The third-order valence-corrected chi connectivity index (χ3v) is 5.46. The van der Waals surface area contributed by atoms with Crippen LogP contribution in [0.5, 0.6) is 0 Å². The van der Waals surface area contributed by atoms with E-state index >= 15 is 0 Å². The van der Waals surface area contributed by atoms with Crippen LogP contribution in [-0.2, 0) is 14.8 Å². The summed E-state index contributed by atoms with van der Waals surface area (Å²) in [4.78, 5) is 13.9. The normalized spacial score (nSPS) is 11.9. The number of nitrogens with zero attached hydrogens (tertiary/aromatic N) is 2. The van der Waals surface area contributed by atoms with E-state index in [1.165, 1.54) is 12.1 Å². The van der Waals surface area contributed by atoms with Crippen molar-refractivity contribution in [2.24, 2.45) is 5.10 Å². The molecule has 26 heavy (non-hydrogen) atoms. The molecule has 140 valence electrons. The number of carbonyl (C=O) groups excluding carboxylic acids is 1. The fourth-order valence-corrected chi connectivity index (χ4v) is 3.79. The first-order valence-electron chi connectivity index (χ1n) is 7.77. The second-order valence-corrected chi connectivity index (χ2v) is 7.86. The zero-order valence-corrected chi connectivity index (χ0v) is 16.5. The van der Waals surface area contributed by atoms with Gasteiger partial charge in [-0.15, -0.1) is 0 Å². The monoisotopic (exact) mass is 396 g/mol. The molecule has 0 atom stereocenters. The van der Waals surface area contributed by atoms with Crippen molar-refractivity contribution in [3.05, 3.63) is 41.1 Å². The van der Waals surface area contributed by atoms with Gasteiger partial charge in [0.1, 0.15) is 5.00 Å². The number of carbonyl (C=O) groups is 1. The number of sulfonamides is 1. The van der Waals surface area contributed by atoms with Crippen molar-refractivity contribution in [1.29, 1.82) is 0 Å². The molecule has 1 aromatic heterocycles. The van der Waals surface area contributed by atoms with E-state index in [1.54, 1.807) is 32.9 Å². The molecule has 1 amide bonds. The van der Waals surface area contributed by atoms with Crippen LogP contribution in [0.4, 0.5) is 9.80 Å². The maximum atomic E-state index is 12.3. The van der Waals surface area contributed by atoms with E-state index in [0.717, 1.165) is 17.1 Å². The van der Waals surface area contributed by atoms with Crippen molar-refractivity contribution in [3.63, 3.8) is 0 Å². The molecule has 0 unspecified atom stereocenters. The van der Waals surface area contributed by atoms with Crippen LogP contribution in [0.15, 0.2) is 34.3 Å². The van der Waals surface area contributed by atoms with Gasteiger partial charge in [0.15, 0.2) is 0 Å². The van der Waals surface area contributed by atoms with Gasteiger partial charge in [-0.2, -0.15) is 22.7 Å². The Balaban J connectivity index is 2.23. The Morgan fingerprint density at radius 2 is 1.92 bits per heavy atom. The van der Waals surface area contributed by atoms with Crippen LogP contribution in [-0.4, -0.2) is 31.2 Å². The average molecular weight is 396 g/mol. The molecule has 0 saturated carbocycles. The molecule has 1 aromatic carbocycles. The Kier molecular flexibility index (Phi) is 6.32. The molecule has 2 aromatic rings. The highest BCUT2D eigenvalue weighted by atomic mass is 32.2. The lowest BCUT2D eigenvalue weighted by Gasteiger charge is -2.08. The van der Waals surface area contributed by atoms with Gasteiger partial charge in [-0.05, 0) is 51.4 Å². The zero-order valence-electron chi connectivity index (χ0n) is 14.9. The quantitative estimate of drug-likeness (QED) is 0.576. The lowest BCUT2D eigenvalue weighted by molar-refractivity contribution is 0.168. The maximum absolute atomic E-state index is 12.3. The van der Waals surface area contributed by atoms with E-state index in [2.05, 4.69) is 19.6 Å². The number of aromatic nitrogens is 1. The van der Waals surface area contributed by atoms with Crippen LogP contribution in [0.3, 0.4) is 0 Å². The number of hydrazone groups is 1. The number of aryl methyl sites for hydroxylation is 2. The minimum Gasteiger partial charge on any atom is -0.450 e. The second-order valence-electron chi connectivity index (χ2n) is 5.42. The fraction of sp³-hybridized carbons (Fsp3) is 0.312. The van der Waals surface area contributed by atoms with Gasteiger partial charge in [0.05, 0.1) is 28.5 Å². The third kappa shape index (κ3) is 4.79. The molecular weight excluding hydrogens is 376 g/mol. The van der Waals surface area contributed by atoms with Crippen molar-refractivity contribution < 1.29 is 17.9 Å². The minimum atomic E-state index is -3.79. The number of hydrogen-bond donors (Lipinski definition) is 2. The molecule has 2 N–H and O–H groups in total. The summed E-state index contributed by atoms with van der Waals surface area (Å²) in [7, 11) is -3.79. The Hall–Kier alpha value is -2.46. The van der Waals surface area contributed by atoms with E-state index in [0.29, 0.717) is 22.0 Å². The van der Waals surface area contributed by atoms with Gasteiger partial charge in [-0.3, -0.25) is 5.32 Å². The summed E-state index contributed by atoms with van der Waals surface area (Å²) >= 11 is 1.07. The molecule has 0 saturated heterocycles. The summed E-state index contributed by atoms with van der Waals surface area (Å²) in [5.74, 6) is 0. The van der Waals surface area contributed by atoms with Crippen LogP contribution in [0.2, 0.25) is 0 Å². The van der Waals surface area contributed by atoms with Gasteiger partial charge in [0.2, 0.25) is 0 Å². The highest BCUT2D eigenvalue weighted by Gasteiger charge is 2.18. The van der Waals surface area contributed by atoms with E-state index in [9.17, 15) is 13.2 Å². The Bertz CT molecular complexity index is 918. The molecule has 1 heterocycles. The summed E-state index contributed by atoms with van der Waals surface area (Å²) in [6, 6.07) is 6.43. The minimum absolute atomic E-state index is 0.115. The van der Waals surface area contributed by atoms with Gasteiger partial charge in [-0.1, -0.05) is 17.7 Å². The van der Waals surface area contributed by atoms with Crippen LogP contribution in [0.25, 0.3) is 0 Å². The topological polar surface area (TPSA) is 110 Å². The molecule has 10 heteroatoms. The highest BCUT2D eigenvalue weighted by Crippen LogP contribution is 2.25. The van der Waals surface area contributed by atoms with Crippen LogP contribution in [0, 0.1) is 13.8 Å². The smallest absolute Gasteiger partial charge is 0.412 e. The molecule has 0 aliphatic heterocycles. The SMILES string of the molecule is CCOC(=O)Nc1snc(C)c1/C(C)=N/NS(=O)(=O)c1ccc(C)cc1. The third-order valence-electron chi connectivity index (χ3n) is 3.38. The molecule has 0 radical (unpaired) electrons. The van der Waals surface area contributed by atoms with Gasteiger partial charge in [0.25, 0.3) is 10.0 Å². The van der Waals surface area contributed by atoms with Gasteiger partial charge < -0.3 is 4.74 Å². The molecule has 0 aliphatic rings. The summed E-state index contributed by atoms with van der Waals surface area (Å²) in [5, 5.41) is 6.99. The number of ether oxygens (including phenoxy) is 1. The summed E-state index contributed by atoms with van der Waals surface area (Å²) in [6.07, 6.45) is -0.606. The number of hydrogen-bond acceptors (Lipinski definition) is 7. The summed E-state index contributed by atoms with van der Waals surface area (Å²) in [5.41, 5.74) is 2.50. The van der Waals surface area contributed by atoms with Crippen LogP contribution >= 0.6 is 11.5 Å². The van der Waals surface area contributed by atoms with Crippen molar-refractivity contribution in [2.45, 2.75) is 32.6 Å². The Morgan fingerprint density at radius 3 is 2.54 bits per heavy atom. The second kappa shape index (κ2) is 8.28. The van der Waals surface area contributed by atoms with Gasteiger partial charge >= 0.3 is 6.09 Å². The lowest BCUT2D eigenvalue weighted by atomic mass is 10.2. The van der Waals surface area contributed by atoms with E-state index in [1.807, 2.05) is 6.92 Å². The first-order chi connectivity index (χ1) is 12.2. The highest BCUT2D eigenvalue weighted by molar-refractivity contribution is 7.89. The maximum Gasteiger partial charge on any atom is 0.412 e. The Morgan fingerprint density at radius 1 is 1.27 bits per heavy atom. The fourth-order valence-electron chi connectivity index (χ4n) is 2.10. The molecule has 0 bridgehead atoms. The van der Waals surface area contributed by atoms with Crippen molar-refractivity contribution in [1.82, 2.24) is 9.20 Å². The van der Waals surface area contributed by atoms with Crippen LogP contribution < -0.4 is 10.1 Å². The number of rotatable bonds is 6. The van der Waals surface area contributed by atoms with Gasteiger partial charge in [0, 0.05) is 0 Å². The molecule has 0 spiro atoms. The summed E-state index contributed by atoms with van der Waals surface area (Å²) < 4.78 is 33.7. The average Bonchev–Trinajstić information content (AvgIpc) is 2.94. The van der Waals surface area contributed by atoms with Crippen LogP contribution in [0.1, 0.15) is 30.7 Å². The predicted octanol–water partition coefficient (Wildman–Crippen LogP) is 3.03. The molecular formula is C16H20N4O4S2. The van der Waals surface area contributed by atoms with Gasteiger partial charge in [-0.25, -0.2) is 4.79 Å². The summed E-state index contributed by atoms with van der Waals surface area (Å²) in [6.45, 7) is 7.18. The largest absolute Gasteiger partial charge is 0.450 e. The standard InChI is InChI=1S/C16H20N4O4S2/c1-5-24-16(21)17-15-14(12(4)19-25-15)11(3)18-20-26(22,23)13-8-6-10(2)7-9-13/h6-9,20H,5H2,1-4H3,(H,17,21)/b18-11+. The molecule has 0 aliphatic carbocycles. The van der Waals surface area contributed by atoms with Crippen molar-refractivity contribution >= 4 is 38.4 Å². The van der Waals surface area contributed by atoms with E-state index in [4.69, 9.17) is 4.74 Å². The number of anilines is 1. The first-order valence-corrected chi connectivity index (χ1v) is 10.0. The predicted molar refractivity (Wildman–Crippen MR) is 101 cm³/mol.